The second kappa shape index (κ2) is 12.2. The molecule has 0 aliphatic carbocycles. The van der Waals surface area contributed by atoms with Gasteiger partial charge in [0.05, 0.1) is 12.2 Å². The average Bonchev–Trinajstić information content (AvgIpc) is 2.72. The Hall–Kier alpha value is -1.72. The molecule has 0 aliphatic heterocycles. The van der Waals surface area contributed by atoms with Crippen molar-refractivity contribution in [3.05, 3.63) is 71.8 Å². The summed E-state index contributed by atoms with van der Waals surface area (Å²) >= 11 is 0. The molecule has 0 aromatic heterocycles. The first-order valence-corrected chi connectivity index (χ1v) is 11.1. The van der Waals surface area contributed by atoms with E-state index in [1.165, 1.54) is 11.1 Å². The maximum absolute atomic E-state index is 11.3. The maximum atomic E-state index is 11.3. The van der Waals surface area contributed by atoms with Crippen molar-refractivity contribution in [3.8, 4) is 0 Å². The zero-order valence-electron chi connectivity index (χ0n) is 18.9. The number of rotatable bonds is 12. The molecule has 2 rings (SSSR count). The molecule has 30 heavy (non-hydrogen) atoms. The Labute approximate surface area is 182 Å². The first-order valence-electron chi connectivity index (χ1n) is 11.1. The molecule has 4 nitrogen and oxygen atoms in total. The Kier molecular flexibility index (Phi) is 9.99. The van der Waals surface area contributed by atoms with Crippen LogP contribution in [0.5, 0.6) is 0 Å². The summed E-state index contributed by atoms with van der Waals surface area (Å²) in [5.74, 6) is 0.0820. The SMILES string of the molecule is CC(C)C[C@@H]([C@H](O)[C@H](O)[C@@H](CO)C(C)C)N(Cc1ccccc1)Cc1ccccc1. The van der Waals surface area contributed by atoms with Gasteiger partial charge < -0.3 is 15.3 Å². The molecule has 166 valence electrons. The van der Waals surface area contributed by atoms with Crippen molar-refractivity contribution in [2.24, 2.45) is 17.8 Å². The first kappa shape index (κ1) is 24.5. The molecule has 3 N–H and O–H groups in total. The quantitative estimate of drug-likeness (QED) is 0.490. The molecular weight excluding hydrogens is 374 g/mol. The van der Waals surface area contributed by atoms with Gasteiger partial charge in [-0.3, -0.25) is 4.90 Å². The van der Waals surface area contributed by atoms with E-state index in [1.807, 2.05) is 50.2 Å². The van der Waals surface area contributed by atoms with Crippen LogP contribution in [0.1, 0.15) is 45.2 Å². The van der Waals surface area contributed by atoms with Crippen LogP contribution in [0.25, 0.3) is 0 Å². The second-order valence-corrected chi connectivity index (χ2v) is 9.14. The fraction of sp³-hybridized carbons (Fsp3) is 0.538. The Balaban J connectivity index is 2.35. The molecule has 4 atom stereocenters. The predicted octanol–water partition coefficient (Wildman–Crippen LogP) is 4.09. The number of aliphatic hydroxyl groups is 3. The lowest BCUT2D eigenvalue weighted by Crippen LogP contribution is -2.52. The highest BCUT2D eigenvalue weighted by molar-refractivity contribution is 5.17. The van der Waals surface area contributed by atoms with Gasteiger partial charge in [0.15, 0.2) is 0 Å². The van der Waals surface area contributed by atoms with Crippen LogP contribution in [0.4, 0.5) is 0 Å². The summed E-state index contributed by atoms with van der Waals surface area (Å²) in [6.07, 6.45) is -1.17. The Morgan fingerprint density at radius 2 is 1.20 bits per heavy atom. The van der Waals surface area contributed by atoms with Crippen LogP contribution in [0.15, 0.2) is 60.7 Å². The minimum atomic E-state index is -0.979. The molecule has 0 aliphatic rings. The summed E-state index contributed by atoms with van der Waals surface area (Å²) in [5, 5.41) is 32.1. The lowest BCUT2D eigenvalue weighted by Gasteiger charge is -2.40. The van der Waals surface area contributed by atoms with Gasteiger partial charge in [0.2, 0.25) is 0 Å². The van der Waals surface area contributed by atoms with Gasteiger partial charge in [-0.25, -0.2) is 0 Å². The summed E-state index contributed by atoms with van der Waals surface area (Å²) in [6, 6.07) is 20.3. The van der Waals surface area contributed by atoms with Crippen molar-refractivity contribution in [2.45, 2.75) is 65.5 Å². The zero-order chi connectivity index (χ0) is 22.1. The molecule has 0 bridgehead atoms. The number of benzene rings is 2. The van der Waals surface area contributed by atoms with Crippen molar-refractivity contribution in [1.82, 2.24) is 4.90 Å². The van der Waals surface area contributed by atoms with E-state index >= 15 is 0 Å². The van der Waals surface area contributed by atoms with E-state index in [2.05, 4.69) is 43.0 Å². The highest BCUT2D eigenvalue weighted by Crippen LogP contribution is 2.27. The summed E-state index contributed by atoms with van der Waals surface area (Å²) in [4.78, 5) is 2.27. The van der Waals surface area contributed by atoms with E-state index in [0.29, 0.717) is 19.0 Å². The number of hydrogen-bond acceptors (Lipinski definition) is 4. The molecule has 0 fully saturated rings. The smallest absolute Gasteiger partial charge is 0.0957 e. The highest BCUT2D eigenvalue weighted by atomic mass is 16.3. The van der Waals surface area contributed by atoms with Crippen molar-refractivity contribution in [2.75, 3.05) is 6.61 Å². The van der Waals surface area contributed by atoms with Gasteiger partial charge in [-0.15, -0.1) is 0 Å². The summed E-state index contributed by atoms with van der Waals surface area (Å²) in [7, 11) is 0. The number of aliphatic hydroxyl groups excluding tert-OH is 3. The number of nitrogens with zero attached hydrogens (tertiary/aromatic N) is 1. The van der Waals surface area contributed by atoms with Crippen LogP contribution >= 0.6 is 0 Å². The largest absolute Gasteiger partial charge is 0.396 e. The highest BCUT2D eigenvalue weighted by Gasteiger charge is 2.36. The van der Waals surface area contributed by atoms with Crippen molar-refractivity contribution < 1.29 is 15.3 Å². The van der Waals surface area contributed by atoms with Gasteiger partial charge >= 0.3 is 0 Å². The third-order valence-corrected chi connectivity index (χ3v) is 5.89. The van der Waals surface area contributed by atoms with Crippen LogP contribution in [-0.2, 0) is 13.1 Å². The summed E-state index contributed by atoms with van der Waals surface area (Å²) in [6.45, 7) is 9.45. The zero-order valence-corrected chi connectivity index (χ0v) is 18.9. The standard InChI is InChI=1S/C26H39NO3/c1-19(2)15-24(26(30)25(29)23(18-28)20(3)4)27(16-21-11-7-5-8-12-21)17-22-13-9-6-10-14-22/h5-14,19-20,23-26,28-30H,15-18H2,1-4H3/t23-,24-,25+,26-/m0/s1. The van der Waals surface area contributed by atoms with Gasteiger partial charge in [-0.05, 0) is 29.4 Å². The van der Waals surface area contributed by atoms with Crippen LogP contribution in [0.3, 0.4) is 0 Å². The topological polar surface area (TPSA) is 63.9 Å². The fourth-order valence-corrected chi connectivity index (χ4v) is 4.11. The Bertz CT molecular complexity index is 663. The van der Waals surface area contributed by atoms with Gasteiger partial charge in [0, 0.05) is 31.7 Å². The predicted molar refractivity (Wildman–Crippen MR) is 123 cm³/mol. The van der Waals surface area contributed by atoms with Crippen LogP contribution in [-0.4, -0.2) is 45.1 Å². The Morgan fingerprint density at radius 1 is 0.733 bits per heavy atom. The molecule has 0 spiro atoms. The number of hydrogen-bond donors (Lipinski definition) is 3. The minimum absolute atomic E-state index is 0.0797. The van der Waals surface area contributed by atoms with Crippen LogP contribution < -0.4 is 0 Å². The molecule has 0 amide bonds. The van der Waals surface area contributed by atoms with Gasteiger partial charge in [0.1, 0.15) is 0 Å². The summed E-state index contributed by atoms with van der Waals surface area (Å²) in [5.41, 5.74) is 2.35. The molecule has 0 heterocycles. The van der Waals surface area contributed by atoms with E-state index in [1.54, 1.807) is 0 Å². The Morgan fingerprint density at radius 3 is 1.57 bits per heavy atom. The average molecular weight is 414 g/mol. The summed E-state index contributed by atoms with van der Waals surface area (Å²) < 4.78 is 0. The van der Waals surface area contributed by atoms with E-state index in [9.17, 15) is 15.3 Å². The second-order valence-electron chi connectivity index (χ2n) is 9.14. The van der Waals surface area contributed by atoms with Gasteiger partial charge in [0.25, 0.3) is 0 Å². The molecular formula is C26H39NO3. The lowest BCUT2D eigenvalue weighted by atomic mass is 9.83. The maximum Gasteiger partial charge on any atom is 0.0957 e. The molecule has 4 heteroatoms. The molecule has 0 radical (unpaired) electrons. The molecule has 0 saturated carbocycles. The van der Waals surface area contributed by atoms with E-state index < -0.39 is 12.2 Å². The third kappa shape index (κ3) is 7.21. The molecule has 0 saturated heterocycles. The van der Waals surface area contributed by atoms with Crippen molar-refractivity contribution in [1.29, 1.82) is 0 Å². The van der Waals surface area contributed by atoms with E-state index in [4.69, 9.17) is 0 Å². The normalized spacial score (nSPS) is 16.1. The lowest BCUT2D eigenvalue weighted by molar-refractivity contribution is -0.0891. The van der Waals surface area contributed by atoms with Crippen molar-refractivity contribution >= 4 is 0 Å². The molecule has 2 aromatic carbocycles. The first-order chi connectivity index (χ1) is 14.3. The van der Waals surface area contributed by atoms with Crippen LogP contribution in [0, 0.1) is 17.8 Å². The van der Waals surface area contributed by atoms with Gasteiger partial charge in [-0.1, -0.05) is 88.4 Å². The fourth-order valence-electron chi connectivity index (χ4n) is 4.11. The third-order valence-electron chi connectivity index (χ3n) is 5.89. The monoisotopic (exact) mass is 413 g/mol. The van der Waals surface area contributed by atoms with Gasteiger partial charge in [-0.2, -0.15) is 0 Å². The van der Waals surface area contributed by atoms with Crippen molar-refractivity contribution in [3.63, 3.8) is 0 Å². The van der Waals surface area contributed by atoms with E-state index in [0.717, 1.165) is 6.42 Å². The molecule has 0 unspecified atom stereocenters. The minimum Gasteiger partial charge on any atom is -0.396 e. The van der Waals surface area contributed by atoms with Crippen LogP contribution in [0.2, 0.25) is 0 Å². The van der Waals surface area contributed by atoms with E-state index in [-0.39, 0.29) is 24.5 Å². The molecule has 2 aromatic rings.